The third kappa shape index (κ3) is 2.05. The van der Waals surface area contributed by atoms with E-state index >= 15 is 0 Å². The summed E-state index contributed by atoms with van der Waals surface area (Å²) < 4.78 is 5.27. The van der Waals surface area contributed by atoms with Gasteiger partial charge < -0.3 is 5.73 Å². The topological polar surface area (TPSA) is 51.8 Å². The van der Waals surface area contributed by atoms with E-state index in [2.05, 4.69) is 39.2 Å². The third-order valence-corrected chi connectivity index (χ3v) is 4.99. The van der Waals surface area contributed by atoms with Crippen molar-refractivity contribution < 1.29 is 0 Å². The quantitative estimate of drug-likeness (QED) is 0.798. The fraction of sp³-hybridized carbons (Fsp3) is 0.231. The number of hydrogen-bond donors (Lipinski definition) is 1. The van der Waals surface area contributed by atoms with Gasteiger partial charge >= 0.3 is 0 Å². The first kappa shape index (κ1) is 11.8. The SMILES string of the molecule is Cc1nnsc1C(N)Cc1csc2ccccc12. The van der Waals surface area contributed by atoms with Gasteiger partial charge in [-0.2, -0.15) is 0 Å². The maximum atomic E-state index is 6.26. The van der Waals surface area contributed by atoms with E-state index in [1.165, 1.54) is 27.2 Å². The minimum atomic E-state index is -0.0111. The van der Waals surface area contributed by atoms with Crippen molar-refractivity contribution >= 4 is 33.0 Å². The van der Waals surface area contributed by atoms with Crippen LogP contribution < -0.4 is 5.73 Å². The van der Waals surface area contributed by atoms with E-state index in [4.69, 9.17) is 5.73 Å². The molecule has 1 unspecified atom stereocenters. The van der Waals surface area contributed by atoms with Gasteiger partial charge in [0, 0.05) is 10.7 Å². The number of nitrogens with two attached hydrogens (primary N) is 1. The lowest BCUT2D eigenvalue weighted by Gasteiger charge is -2.08. The Bertz CT molecular complexity index is 671. The maximum absolute atomic E-state index is 6.26. The van der Waals surface area contributed by atoms with Gasteiger partial charge in [-0.25, -0.2) is 0 Å². The zero-order chi connectivity index (χ0) is 12.5. The van der Waals surface area contributed by atoms with Crippen LogP contribution in [0, 0.1) is 6.92 Å². The monoisotopic (exact) mass is 275 g/mol. The van der Waals surface area contributed by atoms with Crippen LogP contribution in [0.3, 0.4) is 0 Å². The summed E-state index contributed by atoms with van der Waals surface area (Å²) in [7, 11) is 0. The van der Waals surface area contributed by atoms with Gasteiger partial charge in [0.1, 0.15) is 0 Å². The van der Waals surface area contributed by atoms with E-state index in [-0.39, 0.29) is 6.04 Å². The fourth-order valence-electron chi connectivity index (χ4n) is 2.10. The van der Waals surface area contributed by atoms with Crippen LogP contribution in [0.2, 0.25) is 0 Å². The molecule has 0 aliphatic carbocycles. The van der Waals surface area contributed by atoms with Crippen molar-refractivity contribution in [2.24, 2.45) is 5.73 Å². The molecule has 0 fully saturated rings. The highest BCUT2D eigenvalue weighted by molar-refractivity contribution is 7.17. The normalized spacial score (nSPS) is 13.0. The van der Waals surface area contributed by atoms with Crippen LogP contribution in [0.25, 0.3) is 10.1 Å². The summed E-state index contributed by atoms with van der Waals surface area (Å²) in [6.45, 7) is 1.96. The molecule has 0 aliphatic rings. The Balaban J connectivity index is 1.91. The van der Waals surface area contributed by atoms with Crippen molar-refractivity contribution in [1.82, 2.24) is 9.59 Å². The van der Waals surface area contributed by atoms with Crippen molar-refractivity contribution in [1.29, 1.82) is 0 Å². The van der Waals surface area contributed by atoms with Crippen LogP contribution in [-0.4, -0.2) is 9.59 Å². The highest BCUT2D eigenvalue weighted by Gasteiger charge is 2.15. The van der Waals surface area contributed by atoms with Gasteiger partial charge in [0.05, 0.1) is 10.6 Å². The van der Waals surface area contributed by atoms with E-state index < -0.39 is 0 Å². The molecule has 0 saturated carbocycles. The van der Waals surface area contributed by atoms with E-state index in [1.54, 1.807) is 11.3 Å². The summed E-state index contributed by atoms with van der Waals surface area (Å²) in [6, 6.07) is 8.44. The number of rotatable bonds is 3. The number of nitrogens with zero attached hydrogens (tertiary/aromatic N) is 2. The molecule has 0 radical (unpaired) electrons. The van der Waals surface area contributed by atoms with Gasteiger partial charge in [-0.15, -0.1) is 16.4 Å². The molecule has 2 heterocycles. The van der Waals surface area contributed by atoms with Crippen LogP contribution in [0.15, 0.2) is 29.6 Å². The Hall–Kier alpha value is -1.30. The first-order chi connectivity index (χ1) is 8.75. The second-order valence-electron chi connectivity index (χ2n) is 4.29. The summed E-state index contributed by atoms with van der Waals surface area (Å²) >= 11 is 3.18. The molecule has 2 N–H and O–H groups in total. The number of aromatic nitrogens is 2. The highest BCUT2D eigenvalue weighted by atomic mass is 32.1. The Morgan fingerprint density at radius 2 is 2.17 bits per heavy atom. The van der Waals surface area contributed by atoms with Gasteiger partial charge in [-0.05, 0) is 47.3 Å². The van der Waals surface area contributed by atoms with E-state index in [0.29, 0.717) is 0 Å². The number of aryl methyl sites for hydroxylation is 1. The molecule has 18 heavy (non-hydrogen) atoms. The van der Waals surface area contributed by atoms with Crippen molar-refractivity contribution in [3.8, 4) is 0 Å². The standard InChI is InChI=1S/C13H13N3S2/c1-8-13(18-16-15-8)11(14)6-9-7-17-12-5-3-2-4-10(9)12/h2-5,7,11H,6,14H2,1H3. The number of hydrogen-bond acceptors (Lipinski definition) is 5. The van der Waals surface area contributed by atoms with Gasteiger partial charge in [0.2, 0.25) is 0 Å². The zero-order valence-electron chi connectivity index (χ0n) is 9.96. The molecule has 0 bridgehead atoms. The second-order valence-corrected chi connectivity index (χ2v) is 5.99. The van der Waals surface area contributed by atoms with E-state index in [9.17, 15) is 0 Å². The molecule has 1 aromatic carbocycles. The Labute approximate surface area is 113 Å². The van der Waals surface area contributed by atoms with E-state index in [0.717, 1.165) is 17.0 Å². The predicted molar refractivity (Wildman–Crippen MR) is 77.1 cm³/mol. The van der Waals surface area contributed by atoms with Crippen LogP contribution in [0.5, 0.6) is 0 Å². The number of benzene rings is 1. The number of fused-ring (bicyclic) bond motifs is 1. The van der Waals surface area contributed by atoms with Gasteiger partial charge in [0.15, 0.2) is 0 Å². The lowest BCUT2D eigenvalue weighted by atomic mass is 10.0. The molecule has 2 aromatic heterocycles. The zero-order valence-corrected chi connectivity index (χ0v) is 11.6. The van der Waals surface area contributed by atoms with Crippen LogP contribution in [0.1, 0.15) is 22.2 Å². The first-order valence-corrected chi connectivity index (χ1v) is 7.40. The molecule has 92 valence electrons. The van der Waals surface area contributed by atoms with Gasteiger partial charge in [-0.3, -0.25) is 0 Å². The van der Waals surface area contributed by atoms with Gasteiger partial charge in [-0.1, -0.05) is 22.7 Å². The molecule has 5 heteroatoms. The second kappa shape index (κ2) is 4.76. The Morgan fingerprint density at radius 1 is 1.33 bits per heavy atom. The largest absolute Gasteiger partial charge is 0.323 e. The fourth-order valence-corrected chi connectivity index (χ4v) is 3.72. The lowest BCUT2D eigenvalue weighted by molar-refractivity contribution is 0.733. The summed E-state index contributed by atoms with van der Waals surface area (Å²) in [4.78, 5) is 1.09. The maximum Gasteiger partial charge on any atom is 0.0772 e. The lowest BCUT2D eigenvalue weighted by Crippen LogP contribution is -2.12. The van der Waals surface area contributed by atoms with Crippen LogP contribution in [0.4, 0.5) is 0 Å². The van der Waals surface area contributed by atoms with E-state index in [1.807, 2.05) is 6.92 Å². The van der Waals surface area contributed by atoms with Crippen molar-refractivity contribution in [3.63, 3.8) is 0 Å². The number of thiophene rings is 1. The highest BCUT2D eigenvalue weighted by Crippen LogP contribution is 2.29. The smallest absolute Gasteiger partial charge is 0.0772 e. The first-order valence-electron chi connectivity index (χ1n) is 5.75. The van der Waals surface area contributed by atoms with Crippen LogP contribution in [-0.2, 0) is 6.42 Å². The summed E-state index contributed by atoms with van der Waals surface area (Å²) in [5, 5.41) is 7.54. The minimum absolute atomic E-state index is 0.0111. The van der Waals surface area contributed by atoms with Gasteiger partial charge in [0.25, 0.3) is 0 Å². The molecule has 0 saturated heterocycles. The Morgan fingerprint density at radius 3 is 2.94 bits per heavy atom. The minimum Gasteiger partial charge on any atom is -0.323 e. The molecular formula is C13H13N3S2. The van der Waals surface area contributed by atoms with Crippen molar-refractivity contribution in [3.05, 3.63) is 45.8 Å². The predicted octanol–water partition coefficient (Wildman–Crippen LogP) is 3.30. The Kier molecular flexibility index (Phi) is 3.11. The summed E-state index contributed by atoms with van der Waals surface area (Å²) in [5.74, 6) is 0. The summed E-state index contributed by atoms with van der Waals surface area (Å²) in [6.07, 6.45) is 0.842. The van der Waals surface area contributed by atoms with Crippen molar-refractivity contribution in [2.75, 3.05) is 0 Å². The van der Waals surface area contributed by atoms with Crippen LogP contribution >= 0.6 is 22.9 Å². The average molecular weight is 275 g/mol. The molecule has 3 rings (SSSR count). The molecule has 1 atom stereocenters. The molecule has 3 aromatic rings. The molecule has 0 amide bonds. The van der Waals surface area contributed by atoms with Crippen molar-refractivity contribution in [2.45, 2.75) is 19.4 Å². The molecule has 3 nitrogen and oxygen atoms in total. The molecule has 0 spiro atoms. The molecular weight excluding hydrogens is 262 g/mol. The molecule has 0 aliphatic heterocycles. The summed E-state index contributed by atoms with van der Waals surface area (Å²) in [5.41, 5.74) is 8.52. The third-order valence-electron chi connectivity index (χ3n) is 3.02. The average Bonchev–Trinajstić information content (AvgIpc) is 2.97.